The van der Waals surface area contributed by atoms with E-state index in [4.69, 9.17) is 9.47 Å². The van der Waals surface area contributed by atoms with Gasteiger partial charge in [-0.15, -0.1) is 0 Å². The van der Waals surface area contributed by atoms with E-state index in [1.54, 1.807) is 13.8 Å². The molecule has 21 heavy (non-hydrogen) atoms. The number of aliphatic hydroxyl groups is 1. The molecule has 0 spiro atoms. The molecule has 1 unspecified atom stereocenters. The van der Waals surface area contributed by atoms with Crippen LogP contribution in [0.25, 0.3) is 0 Å². The molecule has 0 bridgehead atoms. The molecule has 1 rings (SSSR count). The average Bonchev–Trinajstić information content (AvgIpc) is 2.63. The van der Waals surface area contributed by atoms with E-state index in [9.17, 15) is 19.5 Å². The lowest BCUT2D eigenvalue weighted by Gasteiger charge is -2.25. The maximum atomic E-state index is 12.1. The summed E-state index contributed by atoms with van der Waals surface area (Å²) in [7, 11) is 0. The molecule has 7 heteroatoms. The molecular weight excluding hydrogens is 278 g/mol. The molecular formula is C14H21NO6. The van der Waals surface area contributed by atoms with Crippen molar-refractivity contribution in [2.75, 3.05) is 19.8 Å². The van der Waals surface area contributed by atoms with E-state index in [1.807, 2.05) is 13.8 Å². The van der Waals surface area contributed by atoms with Crippen LogP contribution in [0.4, 0.5) is 0 Å². The van der Waals surface area contributed by atoms with Crippen LogP contribution in [0.15, 0.2) is 11.3 Å². The Hall–Kier alpha value is -2.05. The number of aliphatic hydroxyl groups excluding tert-OH is 1. The van der Waals surface area contributed by atoms with Crippen molar-refractivity contribution in [1.29, 1.82) is 0 Å². The molecule has 1 aliphatic heterocycles. The lowest BCUT2D eigenvalue weighted by molar-refractivity contribution is -0.153. The predicted molar refractivity (Wildman–Crippen MR) is 73.3 cm³/mol. The first-order valence-corrected chi connectivity index (χ1v) is 6.92. The summed E-state index contributed by atoms with van der Waals surface area (Å²) in [5, 5.41) is 9.91. The van der Waals surface area contributed by atoms with Gasteiger partial charge in [-0.3, -0.25) is 4.79 Å². The number of rotatable bonds is 6. The van der Waals surface area contributed by atoms with Crippen molar-refractivity contribution < 1.29 is 29.0 Å². The Kier molecular flexibility index (Phi) is 5.75. The first-order chi connectivity index (χ1) is 9.84. The van der Waals surface area contributed by atoms with Crippen molar-refractivity contribution in [3.05, 3.63) is 11.3 Å². The Labute approximate surface area is 123 Å². The summed E-state index contributed by atoms with van der Waals surface area (Å²) in [5.74, 6) is -3.08. The van der Waals surface area contributed by atoms with Crippen molar-refractivity contribution in [2.45, 2.75) is 33.7 Å². The fourth-order valence-electron chi connectivity index (χ4n) is 2.12. The smallest absolute Gasteiger partial charge is 0.340 e. The highest BCUT2D eigenvalue weighted by atomic mass is 16.5. The van der Waals surface area contributed by atoms with E-state index in [-0.39, 0.29) is 31.2 Å². The molecule has 1 atom stereocenters. The molecule has 0 aromatic carbocycles. The summed E-state index contributed by atoms with van der Waals surface area (Å²) >= 11 is 0. The number of amides is 1. The molecule has 0 aliphatic carbocycles. The second kappa shape index (κ2) is 7.10. The van der Waals surface area contributed by atoms with Crippen LogP contribution in [-0.4, -0.2) is 53.7 Å². The molecule has 0 aromatic heterocycles. The summed E-state index contributed by atoms with van der Waals surface area (Å²) in [6.07, 6.45) is 0. The van der Waals surface area contributed by atoms with E-state index in [2.05, 4.69) is 0 Å². The minimum absolute atomic E-state index is 0.0558. The Morgan fingerprint density at radius 3 is 2.29 bits per heavy atom. The quantitative estimate of drug-likeness (QED) is 0.729. The molecule has 0 saturated heterocycles. The number of carbonyl (C=O) groups excluding carboxylic acids is 3. The third kappa shape index (κ3) is 3.53. The van der Waals surface area contributed by atoms with Crippen LogP contribution >= 0.6 is 0 Å². The van der Waals surface area contributed by atoms with E-state index in [1.165, 1.54) is 0 Å². The molecule has 1 N–H and O–H groups in total. The van der Waals surface area contributed by atoms with Crippen molar-refractivity contribution >= 4 is 17.8 Å². The third-order valence-electron chi connectivity index (χ3n) is 2.87. The second-order valence-corrected chi connectivity index (χ2v) is 4.99. The summed E-state index contributed by atoms with van der Waals surface area (Å²) in [6.45, 7) is 7.32. The number of esters is 2. The zero-order valence-corrected chi connectivity index (χ0v) is 12.7. The maximum absolute atomic E-state index is 12.1. The van der Waals surface area contributed by atoms with E-state index in [0.29, 0.717) is 0 Å². The van der Waals surface area contributed by atoms with Crippen molar-refractivity contribution in [1.82, 2.24) is 4.90 Å². The number of hydrogen-bond acceptors (Lipinski definition) is 6. The van der Waals surface area contributed by atoms with Gasteiger partial charge < -0.3 is 19.5 Å². The van der Waals surface area contributed by atoms with Crippen LogP contribution in [0, 0.1) is 5.92 Å². The Morgan fingerprint density at radius 2 is 1.81 bits per heavy atom. The first-order valence-electron chi connectivity index (χ1n) is 6.92. The van der Waals surface area contributed by atoms with Gasteiger partial charge in [-0.05, 0) is 19.8 Å². The minimum atomic E-state index is -1.25. The molecule has 0 radical (unpaired) electrons. The zero-order chi connectivity index (χ0) is 16.2. The summed E-state index contributed by atoms with van der Waals surface area (Å²) in [4.78, 5) is 37.2. The Morgan fingerprint density at radius 1 is 1.24 bits per heavy atom. The van der Waals surface area contributed by atoms with Gasteiger partial charge in [0.1, 0.15) is 5.57 Å². The van der Waals surface area contributed by atoms with Crippen LogP contribution in [0.5, 0.6) is 0 Å². The largest absolute Gasteiger partial charge is 0.503 e. The fourth-order valence-corrected chi connectivity index (χ4v) is 2.12. The van der Waals surface area contributed by atoms with Gasteiger partial charge in [0.15, 0.2) is 11.8 Å². The summed E-state index contributed by atoms with van der Waals surface area (Å²) in [6, 6.07) is -1.25. The highest BCUT2D eigenvalue weighted by molar-refractivity contribution is 6.11. The second-order valence-electron chi connectivity index (χ2n) is 4.99. The average molecular weight is 299 g/mol. The van der Waals surface area contributed by atoms with E-state index >= 15 is 0 Å². The van der Waals surface area contributed by atoms with Crippen LogP contribution in [-0.2, 0) is 23.9 Å². The van der Waals surface area contributed by atoms with Crippen molar-refractivity contribution in [3.63, 3.8) is 0 Å². The predicted octanol–water partition coefficient (Wildman–Crippen LogP) is 0.791. The van der Waals surface area contributed by atoms with E-state index in [0.717, 1.165) is 4.90 Å². The number of ether oxygens (including phenoxy) is 2. The van der Waals surface area contributed by atoms with Gasteiger partial charge in [0.25, 0.3) is 5.91 Å². The molecule has 1 aliphatic rings. The van der Waals surface area contributed by atoms with Gasteiger partial charge in [-0.25, -0.2) is 9.59 Å². The van der Waals surface area contributed by atoms with Crippen LogP contribution < -0.4 is 0 Å². The molecule has 0 saturated carbocycles. The van der Waals surface area contributed by atoms with Gasteiger partial charge in [-0.2, -0.15) is 0 Å². The lowest BCUT2D eigenvalue weighted by atomic mass is 10.1. The monoisotopic (exact) mass is 299 g/mol. The third-order valence-corrected chi connectivity index (χ3v) is 2.87. The molecule has 1 heterocycles. The van der Waals surface area contributed by atoms with Gasteiger partial charge >= 0.3 is 11.9 Å². The summed E-state index contributed by atoms with van der Waals surface area (Å²) < 4.78 is 9.72. The van der Waals surface area contributed by atoms with Gasteiger partial charge in [0.05, 0.1) is 13.2 Å². The number of hydrogen-bond donors (Lipinski definition) is 1. The van der Waals surface area contributed by atoms with Crippen LogP contribution in [0.3, 0.4) is 0 Å². The van der Waals surface area contributed by atoms with E-state index < -0.39 is 29.6 Å². The topological polar surface area (TPSA) is 93.1 Å². The molecule has 7 nitrogen and oxygen atoms in total. The molecule has 0 fully saturated rings. The molecule has 0 aromatic rings. The fraction of sp³-hybridized carbons (Fsp3) is 0.643. The van der Waals surface area contributed by atoms with Crippen LogP contribution in [0.1, 0.15) is 27.7 Å². The molecule has 118 valence electrons. The van der Waals surface area contributed by atoms with Gasteiger partial charge in [0.2, 0.25) is 0 Å². The normalized spacial score (nSPS) is 18.4. The Bertz CT molecular complexity index is 468. The van der Waals surface area contributed by atoms with Crippen LogP contribution in [0.2, 0.25) is 0 Å². The first kappa shape index (κ1) is 17.0. The number of carbonyl (C=O) groups is 3. The molecule has 1 amide bonds. The zero-order valence-electron chi connectivity index (χ0n) is 12.7. The van der Waals surface area contributed by atoms with Gasteiger partial charge in [0, 0.05) is 6.54 Å². The Balaban J connectivity index is 3.19. The SMILES string of the molecule is CCOC(=O)C1=C(O)C(=O)N(CC(C)C)C1C(=O)OCC. The highest BCUT2D eigenvalue weighted by Crippen LogP contribution is 2.27. The summed E-state index contributed by atoms with van der Waals surface area (Å²) in [5.41, 5.74) is -0.346. The maximum Gasteiger partial charge on any atom is 0.340 e. The van der Waals surface area contributed by atoms with Crippen molar-refractivity contribution in [2.24, 2.45) is 5.92 Å². The van der Waals surface area contributed by atoms with Crippen molar-refractivity contribution in [3.8, 4) is 0 Å². The minimum Gasteiger partial charge on any atom is -0.503 e. The van der Waals surface area contributed by atoms with Gasteiger partial charge in [-0.1, -0.05) is 13.8 Å². The lowest BCUT2D eigenvalue weighted by Crippen LogP contribution is -2.45. The standard InChI is InChI=1S/C14H21NO6/c1-5-20-13(18)9-10(14(19)21-6-2)15(7-8(3)4)12(17)11(9)16/h8,10,16H,5-7H2,1-4H3. The highest BCUT2D eigenvalue weighted by Gasteiger charge is 2.48. The number of nitrogens with zero attached hydrogens (tertiary/aromatic N) is 1.